The number of carbonyl (C=O) groups is 1. The minimum atomic E-state index is 0.0228. The van der Waals surface area contributed by atoms with Gasteiger partial charge in [-0.15, -0.1) is 0 Å². The van der Waals surface area contributed by atoms with Crippen molar-refractivity contribution in [3.8, 4) is 0 Å². The van der Waals surface area contributed by atoms with Gasteiger partial charge in [0.1, 0.15) is 0 Å². The van der Waals surface area contributed by atoms with Crippen LogP contribution in [0.25, 0.3) is 0 Å². The van der Waals surface area contributed by atoms with Crippen molar-refractivity contribution in [3.63, 3.8) is 0 Å². The summed E-state index contributed by atoms with van der Waals surface area (Å²) in [6, 6.07) is 0. The van der Waals surface area contributed by atoms with Crippen molar-refractivity contribution in [1.29, 1.82) is 0 Å². The number of hydrogen-bond acceptors (Lipinski definition) is 2. The van der Waals surface area contributed by atoms with Crippen LogP contribution in [0.1, 0.15) is 27.7 Å². The van der Waals surface area contributed by atoms with Crippen LogP contribution in [0.5, 0.6) is 0 Å². The molecule has 0 heterocycles. The quantitative estimate of drug-likeness (QED) is 0.657. The van der Waals surface area contributed by atoms with E-state index in [0.29, 0.717) is 17.8 Å². The summed E-state index contributed by atoms with van der Waals surface area (Å²) in [5, 5.41) is 2.88. The fraction of sp³-hybridized carbons (Fsp3) is 0.900. The predicted octanol–water partition coefficient (Wildman–Crippen LogP) is 1.96. The summed E-state index contributed by atoms with van der Waals surface area (Å²) >= 11 is 3.91. The van der Waals surface area contributed by atoms with E-state index < -0.39 is 0 Å². The van der Waals surface area contributed by atoms with Gasteiger partial charge in [0, 0.05) is 6.54 Å². The van der Waals surface area contributed by atoms with Crippen LogP contribution >= 0.6 is 12.6 Å². The largest absolute Gasteiger partial charge is 0.355 e. The first-order valence-corrected chi connectivity index (χ1v) is 5.49. The Morgan fingerprint density at radius 2 is 1.69 bits per heavy atom. The normalized spacial score (nSPS) is 11.4. The second-order valence-corrected chi connectivity index (χ2v) is 4.43. The third kappa shape index (κ3) is 5.19. The van der Waals surface area contributed by atoms with Crippen LogP contribution in [0.3, 0.4) is 0 Å². The highest BCUT2D eigenvalue weighted by atomic mass is 32.1. The number of hydrogen-bond donors (Lipinski definition) is 2. The average molecular weight is 203 g/mol. The Morgan fingerprint density at radius 1 is 1.23 bits per heavy atom. The molecule has 0 aromatic rings. The van der Waals surface area contributed by atoms with Crippen LogP contribution in [0, 0.1) is 17.8 Å². The van der Waals surface area contributed by atoms with Crippen molar-refractivity contribution < 1.29 is 4.79 Å². The van der Waals surface area contributed by atoms with Gasteiger partial charge in [-0.1, -0.05) is 27.7 Å². The van der Waals surface area contributed by atoms with Gasteiger partial charge in [0.05, 0.1) is 5.75 Å². The van der Waals surface area contributed by atoms with Gasteiger partial charge in [0.25, 0.3) is 0 Å². The lowest BCUT2D eigenvalue weighted by Crippen LogP contribution is -2.34. The molecule has 0 saturated heterocycles. The highest BCUT2D eigenvalue weighted by Gasteiger charge is 2.17. The van der Waals surface area contributed by atoms with Crippen LogP contribution in [0.15, 0.2) is 0 Å². The van der Waals surface area contributed by atoms with Crippen LogP contribution in [0.4, 0.5) is 0 Å². The van der Waals surface area contributed by atoms with Gasteiger partial charge in [-0.2, -0.15) is 12.6 Å². The maximum Gasteiger partial charge on any atom is 0.229 e. The molecule has 0 unspecified atom stereocenters. The standard InChI is InChI=1S/C10H21NOS/c1-7(2)9(8(3)4)5-11-10(12)6-13/h7-9,13H,5-6H2,1-4H3,(H,11,12). The molecular formula is C10H21NOS. The van der Waals surface area contributed by atoms with E-state index in [1.807, 2.05) is 0 Å². The molecule has 0 rings (SSSR count). The van der Waals surface area contributed by atoms with E-state index in [0.717, 1.165) is 6.54 Å². The van der Waals surface area contributed by atoms with E-state index in [1.165, 1.54) is 0 Å². The molecule has 1 N–H and O–H groups in total. The summed E-state index contributed by atoms with van der Waals surface area (Å²) in [7, 11) is 0. The molecule has 0 bridgehead atoms. The Morgan fingerprint density at radius 3 is 2.00 bits per heavy atom. The molecule has 0 spiro atoms. The first-order valence-electron chi connectivity index (χ1n) is 4.86. The smallest absolute Gasteiger partial charge is 0.229 e. The van der Waals surface area contributed by atoms with Gasteiger partial charge < -0.3 is 5.32 Å². The maximum atomic E-state index is 11.0. The lowest BCUT2D eigenvalue weighted by atomic mass is 9.85. The van der Waals surface area contributed by atoms with Gasteiger partial charge in [-0.25, -0.2) is 0 Å². The Balaban J connectivity index is 3.90. The van der Waals surface area contributed by atoms with Crippen molar-refractivity contribution >= 4 is 18.5 Å². The van der Waals surface area contributed by atoms with Crippen molar-refractivity contribution in [2.45, 2.75) is 27.7 Å². The molecule has 0 aromatic heterocycles. The molecule has 0 aliphatic carbocycles. The van der Waals surface area contributed by atoms with Crippen LogP contribution in [0.2, 0.25) is 0 Å². The predicted molar refractivity (Wildman–Crippen MR) is 60.0 cm³/mol. The third-order valence-electron chi connectivity index (χ3n) is 2.39. The molecule has 0 aromatic carbocycles. The lowest BCUT2D eigenvalue weighted by molar-refractivity contribution is -0.118. The number of carbonyl (C=O) groups excluding carboxylic acids is 1. The molecular weight excluding hydrogens is 182 g/mol. The zero-order valence-electron chi connectivity index (χ0n) is 9.00. The van der Waals surface area contributed by atoms with Crippen molar-refractivity contribution in [2.24, 2.45) is 17.8 Å². The van der Waals surface area contributed by atoms with Gasteiger partial charge in [0.2, 0.25) is 5.91 Å². The minimum Gasteiger partial charge on any atom is -0.355 e. The second-order valence-electron chi connectivity index (χ2n) is 4.11. The second kappa shape index (κ2) is 6.30. The molecule has 0 aliphatic heterocycles. The Kier molecular flexibility index (Phi) is 6.21. The summed E-state index contributed by atoms with van der Waals surface area (Å²) in [6.07, 6.45) is 0. The zero-order valence-corrected chi connectivity index (χ0v) is 9.90. The Labute approximate surface area is 86.9 Å². The van der Waals surface area contributed by atoms with E-state index in [1.54, 1.807) is 0 Å². The monoisotopic (exact) mass is 203 g/mol. The number of nitrogens with one attached hydrogen (secondary N) is 1. The summed E-state index contributed by atoms with van der Waals surface area (Å²) in [6.45, 7) is 9.54. The molecule has 78 valence electrons. The Bertz CT molecular complexity index is 149. The summed E-state index contributed by atoms with van der Waals surface area (Å²) in [5.41, 5.74) is 0. The molecule has 0 fully saturated rings. The molecule has 0 saturated carbocycles. The van der Waals surface area contributed by atoms with Crippen molar-refractivity contribution in [2.75, 3.05) is 12.3 Å². The molecule has 0 aliphatic rings. The number of rotatable bonds is 5. The lowest BCUT2D eigenvalue weighted by Gasteiger charge is -2.24. The van der Waals surface area contributed by atoms with E-state index in [2.05, 4.69) is 45.6 Å². The van der Waals surface area contributed by atoms with Crippen molar-refractivity contribution in [3.05, 3.63) is 0 Å². The van der Waals surface area contributed by atoms with Gasteiger partial charge in [0.15, 0.2) is 0 Å². The molecule has 3 heteroatoms. The molecule has 13 heavy (non-hydrogen) atoms. The number of thiol groups is 1. The van der Waals surface area contributed by atoms with E-state index in [-0.39, 0.29) is 11.7 Å². The average Bonchev–Trinajstić information content (AvgIpc) is 2.03. The maximum absolute atomic E-state index is 11.0. The minimum absolute atomic E-state index is 0.0228. The molecule has 0 atom stereocenters. The highest BCUT2D eigenvalue weighted by Crippen LogP contribution is 2.19. The van der Waals surface area contributed by atoms with E-state index in [9.17, 15) is 4.79 Å². The molecule has 1 amide bonds. The van der Waals surface area contributed by atoms with E-state index >= 15 is 0 Å². The van der Waals surface area contributed by atoms with Gasteiger partial charge in [-0.05, 0) is 17.8 Å². The van der Waals surface area contributed by atoms with E-state index in [4.69, 9.17) is 0 Å². The number of amides is 1. The first-order chi connectivity index (χ1) is 5.99. The summed E-state index contributed by atoms with van der Waals surface area (Å²) in [5.74, 6) is 2.09. The topological polar surface area (TPSA) is 29.1 Å². The first kappa shape index (κ1) is 12.8. The van der Waals surface area contributed by atoms with Gasteiger partial charge >= 0.3 is 0 Å². The molecule has 2 nitrogen and oxygen atoms in total. The Hall–Kier alpha value is -0.180. The van der Waals surface area contributed by atoms with Crippen molar-refractivity contribution in [1.82, 2.24) is 5.32 Å². The highest BCUT2D eigenvalue weighted by molar-refractivity contribution is 7.81. The SMILES string of the molecule is CC(C)C(CNC(=O)CS)C(C)C. The van der Waals surface area contributed by atoms with Gasteiger partial charge in [-0.3, -0.25) is 4.79 Å². The van der Waals surface area contributed by atoms with Crippen LogP contribution in [-0.2, 0) is 4.79 Å². The fourth-order valence-corrected chi connectivity index (χ4v) is 1.64. The summed E-state index contributed by atoms with van der Waals surface area (Å²) in [4.78, 5) is 11.0. The summed E-state index contributed by atoms with van der Waals surface area (Å²) < 4.78 is 0. The van der Waals surface area contributed by atoms with Crippen LogP contribution < -0.4 is 5.32 Å². The van der Waals surface area contributed by atoms with Crippen LogP contribution in [-0.4, -0.2) is 18.2 Å². The fourth-order valence-electron chi connectivity index (χ4n) is 1.53. The molecule has 0 radical (unpaired) electrons. The zero-order chi connectivity index (χ0) is 10.4. The third-order valence-corrected chi connectivity index (χ3v) is 2.68.